The molecule has 1 aliphatic rings. The molecule has 1 aliphatic heterocycles. The highest BCUT2D eigenvalue weighted by molar-refractivity contribution is 7.89. The molecule has 1 amide bonds. The minimum absolute atomic E-state index is 0.0779. The Morgan fingerprint density at radius 2 is 1.81 bits per heavy atom. The molecule has 0 aromatic heterocycles. The first-order chi connectivity index (χ1) is 12.8. The molecule has 0 bridgehead atoms. The van der Waals surface area contributed by atoms with Crippen molar-refractivity contribution in [2.45, 2.75) is 31.6 Å². The molecule has 1 heterocycles. The zero-order valence-corrected chi connectivity index (χ0v) is 16.8. The summed E-state index contributed by atoms with van der Waals surface area (Å²) >= 11 is 0. The van der Waals surface area contributed by atoms with Gasteiger partial charge >= 0.3 is 0 Å². The van der Waals surface area contributed by atoms with E-state index < -0.39 is 10.0 Å². The normalized spacial score (nSPS) is 14.3. The maximum absolute atomic E-state index is 13.1. The number of aryl methyl sites for hydroxylation is 2. The predicted octanol–water partition coefficient (Wildman–Crippen LogP) is 3.08. The van der Waals surface area contributed by atoms with E-state index in [0.29, 0.717) is 12.1 Å². The number of carbonyl (C=O) groups is 1. The summed E-state index contributed by atoms with van der Waals surface area (Å²) in [7, 11) is -1.12. The van der Waals surface area contributed by atoms with Crippen LogP contribution in [0.2, 0.25) is 0 Å². The quantitative estimate of drug-likeness (QED) is 0.755. The van der Waals surface area contributed by atoms with Gasteiger partial charge in [-0.25, -0.2) is 8.42 Å². The highest BCUT2D eigenvalue weighted by Gasteiger charge is 2.26. The maximum Gasteiger partial charge on any atom is 0.264 e. The van der Waals surface area contributed by atoms with Crippen molar-refractivity contribution in [2.75, 3.05) is 25.6 Å². The molecule has 27 heavy (non-hydrogen) atoms. The Labute approximate surface area is 160 Å². The Kier molecular flexibility index (Phi) is 5.37. The van der Waals surface area contributed by atoms with Gasteiger partial charge in [-0.15, -0.1) is 0 Å². The molecule has 0 saturated heterocycles. The number of anilines is 1. The van der Waals surface area contributed by atoms with Gasteiger partial charge in [-0.05, 0) is 73.7 Å². The summed E-state index contributed by atoms with van der Waals surface area (Å²) in [4.78, 5) is 19.7. The average Bonchev–Trinajstić information content (AvgIpc) is 2.66. The standard InChI is InChI=1S/C20H24N2O4S/c1-14-12-15(2)18-6-5-11-22(19(18)13-14)20(23)16-7-9-17(10-8-16)27(24,25)21(3)26-4/h7-10,12-13H,5-6,11H2,1-4H3. The molecule has 0 saturated carbocycles. The number of hydrogen-bond donors (Lipinski definition) is 0. The third-order valence-electron chi connectivity index (χ3n) is 4.93. The number of benzene rings is 2. The highest BCUT2D eigenvalue weighted by atomic mass is 32.2. The van der Waals surface area contributed by atoms with Gasteiger partial charge in [-0.1, -0.05) is 10.5 Å². The van der Waals surface area contributed by atoms with E-state index in [1.54, 1.807) is 17.0 Å². The Morgan fingerprint density at radius 3 is 2.44 bits per heavy atom. The summed E-state index contributed by atoms with van der Waals surface area (Å²) < 4.78 is 25.4. The van der Waals surface area contributed by atoms with Crippen LogP contribution in [-0.2, 0) is 21.3 Å². The van der Waals surface area contributed by atoms with Crippen LogP contribution in [0.1, 0.15) is 33.5 Å². The second-order valence-corrected chi connectivity index (χ2v) is 8.70. The molecular weight excluding hydrogens is 364 g/mol. The van der Waals surface area contributed by atoms with Crippen molar-refractivity contribution < 1.29 is 18.0 Å². The minimum Gasteiger partial charge on any atom is -0.308 e. The number of fused-ring (bicyclic) bond motifs is 1. The highest BCUT2D eigenvalue weighted by Crippen LogP contribution is 2.32. The summed E-state index contributed by atoms with van der Waals surface area (Å²) in [6.45, 7) is 4.75. The van der Waals surface area contributed by atoms with Crippen LogP contribution in [0.4, 0.5) is 5.69 Å². The Morgan fingerprint density at radius 1 is 1.15 bits per heavy atom. The van der Waals surface area contributed by atoms with E-state index in [9.17, 15) is 13.2 Å². The van der Waals surface area contributed by atoms with Gasteiger partial charge in [0, 0.05) is 24.8 Å². The van der Waals surface area contributed by atoms with E-state index >= 15 is 0 Å². The van der Waals surface area contributed by atoms with Crippen LogP contribution >= 0.6 is 0 Å². The number of hydroxylamine groups is 1. The third-order valence-corrected chi connectivity index (χ3v) is 6.63. The smallest absolute Gasteiger partial charge is 0.264 e. The van der Waals surface area contributed by atoms with Crippen LogP contribution in [0, 0.1) is 13.8 Å². The molecule has 0 aliphatic carbocycles. The van der Waals surface area contributed by atoms with Crippen molar-refractivity contribution in [1.29, 1.82) is 0 Å². The lowest BCUT2D eigenvalue weighted by Crippen LogP contribution is -2.36. The van der Waals surface area contributed by atoms with Crippen molar-refractivity contribution in [3.63, 3.8) is 0 Å². The van der Waals surface area contributed by atoms with E-state index in [0.717, 1.165) is 28.6 Å². The van der Waals surface area contributed by atoms with Gasteiger partial charge in [0.1, 0.15) is 0 Å². The fraction of sp³-hybridized carbons (Fsp3) is 0.350. The lowest BCUT2D eigenvalue weighted by Gasteiger charge is -2.31. The van der Waals surface area contributed by atoms with Crippen LogP contribution < -0.4 is 4.90 Å². The second-order valence-electron chi connectivity index (χ2n) is 6.76. The first kappa shape index (κ1) is 19.5. The van der Waals surface area contributed by atoms with E-state index in [1.807, 2.05) is 13.0 Å². The summed E-state index contributed by atoms with van der Waals surface area (Å²) in [5.41, 5.74) is 4.95. The molecule has 2 aromatic rings. The lowest BCUT2D eigenvalue weighted by molar-refractivity contribution is -0.0258. The van der Waals surface area contributed by atoms with Gasteiger partial charge in [0.15, 0.2) is 0 Å². The molecule has 0 radical (unpaired) electrons. The average molecular weight is 388 g/mol. The topological polar surface area (TPSA) is 66.9 Å². The first-order valence-corrected chi connectivity index (χ1v) is 10.2. The van der Waals surface area contributed by atoms with E-state index in [1.165, 1.54) is 37.4 Å². The van der Waals surface area contributed by atoms with E-state index in [-0.39, 0.29) is 10.8 Å². The number of rotatable bonds is 4. The van der Waals surface area contributed by atoms with Crippen LogP contribution in [0.15, 0.2) is 41.3 Å². The molecule has 0 unspecified atom stereocenters. The van der Waals surface area contributed by atoms with Gasteiger partial charge in [-0.3, -0.25) is 9.63 Å². The predicted molar refractivity (Wildman–Crippen MR) is 104 cm³/mol. The monoisotopic (exact) mass is 388 g/mol. The second kappa shape index (κ2) is 7.42. The van der Waals surface area contributed by atoms with Crippen LogP contribution in [0.3, 0.4) is 0 Å². The molecule has 0 fully saturated rings. The van der Waals surface area contributed by atoms with Crippen molar-refractivity contribution >= 4 is 21.6 Å². The molecule has 0 spiro atoms. The lowest BCUT2D eigenvalue weighted by atomic mass is 9.94. The number of sulfonamides is 1. The Balaban J connectivity index is 1.93. The molecule has 2 aromatic carbocycles. The van der Waals surface area contributed by atoms with Gasteiger partial charge < -0.3 is 4.90 Å². The molecule has 7 heteroatoms. The van der Waals surface area contributed by atoms with E-state index in [4.69, 9.17) is 4.84 Å². The molecule has 3 rings (SSSR count). The van der Waals surface area contributed by atoms with Crippen LogP contribution in [-0.4, -0.2) is 39.5 Å². The van der Waals surface area contributed by atoms with Gasteiger partial charge in [0.05, 0.1) is 12.0 Å². The molecule has 6 nitrogen and oxygen atoms in total. The van der Waals surface area contributed by atoms with Crippen molar-refractivity contribution in [3.05, 3.63) is 58.7 Å². The van der Waals surface area contributed by atoms with Gasteiger partial charge in [-0.2, -0.15) is 0 Å². The minimum atomic E-state index is -3.73. The summed E-state index contributed by atoms with van der Waals surface area (Å²) in [6, 6.07) is 10.2. The molecule has 144 valence electrons. The Hall–Kier alpha value is -2.22. The fourth-order valence-electron chi connectivity index (χ4n) is 3.46. The summed E-state index contributed by atoms with van der Waals surface area (Å²) in [5.74, 6) is -0.120. The largest absolute Gasteiger partial charge is 0.308 e. The van der Waals surface area contributed by atoms with Crippen molar-refractivity contribution in [3.8, 4) is 0 Å². The third kappa shape index (κ3) is 3.63. The number of carbonyl (C=O) groups excluding carboxylic acids is 1. The van der Waals surface area contributed by atoms with Crippen LogP contribution in [0.25, 0.3) is 0 Å². The molecular formula is C20H24N2O4S. The zero-order chi connectivity index (χ0) is 19.8. The maximum atomic E-state index is 13.1. The van der Waals surface area contributed by atoms with Gasteiger partial charge in [0.2, 0.25) is 0 Å². The van der Waals surface area contributed by atoms with E-state index in [2.05, 4.69) is 13.0 Å². The molecule has 0 atom stereocenters. The van der Waals surface area contributed by atoms with Crippen LogP contribution in [0.5, 0.6) is 0 Å². The molecule has 0 N–H and O–H groups in total. The SMILES string of the molecule is CON(C)S(=O)(=O)c1ccc(C(=O)N2CCCc3c(C)cc(C)cc32)cc1. The van der Waals surface area contributed by atoms with Crippen molar-refractivity contribution in [1.82, 2.24) is 4.47 Å². The van der Waals surface area contributed by atoms with Crippen molar-refractivity contribution in [2.24, 2.45) is 0 Å². The number of nitrogens with zero attached hydrogens (tertiary/aromatic N) is 2. The first-order valence-electron chi connectivity index (χ1n) is 8.81. The zero-order valence-electron chi connectivity index (χ0n) is 16.0. The van der Waals surface area contributed by atoms with Gasteiger partial charge in [0.25, 0.3) is 15.9 Å². The number of hydrogen-bond acceptors (Lipinski definition) is 4. The Bertz CT molecular complexity index is 968. The number of amides is 1. The fourth-order valence-corrected chi connectivity index (χ4v) is 4.43. The summed E-state index contributed by atoms with van der Waals surface area (Å²) in [6.07, 6.45) is 1.87. The summed E-state index contributed by atoms with van der Waals surface area (Å²) in [5, 5.41) is 0.